The van der Waals surface area contributed by atoms with Gasteiger partial charge in [-0.3, -0.25) is 4.79 Å². The zero-order chi connectivity index (χ0) is 21.0. The number of rotatable bonds is 2. The van der Waals surface area contributed by atoms with Gasteiger partial charge in [-0.1, -0.05) is 18.2 Å². The van der Waals surface area contributed by atoms with Crippen LogP contribution >= 0.6 is 0 Å². The fraction of sp³-hybridized carbons (Fsp3) is 0.182. The summed E-state index contributed by atoms with van der Waals surface area (Å²) >= 11 is 0. The SMILES string of the molecule is CC1=NN(c2cc(F)c(F)cc2F)C(=O)/C1=C/c1c(C)n(C)c2c(C)cccc12. The predicted molar refractivity (Wildman–Crippen MR) is 107 cm³/mol. The minimum atomic E-state index is -1.32. The van der Waals surface area contributed by atoms with E-state index in [2.05, 4.69) is 9.67 Å². The van der Waals surface area contributed by atoms with Crippen molar-refractivity contribution in [1.82, 2.24) is 4.57 Å². The first-order valence-electron chi connectivity index (χ1n) is 9.01. The van der Waals surface area contributed by atoms with E-state index in [9.17, 15) is 18.0 Å². The van der Waals surface area contributed by atoms with Crippen molar-refractivity contribution in [1.29, 1.82) is 0 Å². The Morgan fingerprint density at radius 3 is 2.41 bits per heavy atom. The van der Waals surface area contributed by atoms with Gasteiger partial charge < -0.3 is 4.57 Å². The first-order chi connectivity index (χ1) is 13.7. The molecule has 1 aliphatic heterocycles. The number of benzene rings is 2. The molecule has 0 saturated carbocycles. The number of nitrogens with zero attached hydrogens (tertiary/aromatic N) is 3. The fourth-order valence-electron chi connectivity index (χ4n) is 3.71. The van der Waals surface area contributed by atoms with E-state index in [0.29, 0.717) is 17.8 Å². The molecule has 0 atom stereocenters. The maximum Gasteiger partial charge on any atom is 0.280 e. The lowest BCUT2D eigenvalue weighted by Crippen LogP contribution is -2.22. The molecule has 0 spiro atoms. The fourth-order valence-corrected chi connectivity index (χ4v) is 3.71. The van der Waals surface area contributed by atoms with Crippen molar-refractivity contribution in [3.8, 4) is 0 Å². The van der Waals surface area contributed by atoms with Crippen LogP contribution in [0.3, 0.4) is 0 Å². The Morgan fingerprint density at radius 1 is 1.00 bits per heavy atom. The molecule has 2 heterocycles. The summed E-state index contributed by atoms with van der Waals surface area (Å²) < 4.78 is 43.1. The van der Waals surface area contributed by atoms with E-state index in [-0.39, 0.29) is 5.57 Å². The van der Waals surface area contributed by atoms with Gasteiger partial charge in [0, 0.05) is 35.8 Å². The Balaban J connectivity index is 1.84. The molecule has 0 saturated heterocycles. The number of fused-ring (bicyclic) bond motifs is 1. The summed E-state index contributed by atoms with van der Waals surface area (Å²) in [6.45, 7) is 5.58. The van der Waals surface area contributed by atoms with Gasteiger partial charge in [0.2, 0.25) is 0 Å². The highest BCUT2D eigenvalue weighted by molar-refractivity contribution is 6.32. The second-order valence-electron chi connectivity index (χ2n) is 7.11. The van der Waals surface area contributed by atoms with E-state index in [1.165, 1.54) is 0 Å². The second kappa shape index (κ2) is 6.62. The van der Waals surface area contributed by atoms with Gasteiger partial charge in [-0.25, -0.2) is 13.2 Å². The van der Waals surface area contributed by atoms with Crippen molar-refractivity contribution in [2.45, 2.75) is 20.8 Å². The number of hydrogen-bond acceptors (Lipinski definition) is 2. The lowest BCUT2D eigenvalue weighted by molar-refractivity contribution is -0.114. The van der Waals surface area contributed by atoms with Crippen LogP contribution in [0.15, 0.2) is 41.0 Å². The number of amides is 1. The third-order valence-electron chi connectivity index (χ3n) is 5.33. The molecule has 2 aromatic carbocycles. The maximum atomic E-state index is 14.2. The minimum Gasteiger partial charge on any atom is -0.347 e. The van der Waals surface area contributed by atoms with Gasteiger partial charge in [-0.2, -0.15) is 10.1 Å². The Labute approximate surface area is 165 Å². The zero-order valence-corrected chi connectivity index (χ0v) is 16.3. The molecular weight excluding hydrogens is 379 g/mol. The molecule has 4 nitrogen and oxygen atoms in total. The van der Waals surface area contributed by atoms with Crippen molar-refractivity contribution >= 4 is 34.3 Å². The quantitative estimate of drug-likeness (QED) is 0.442. The number of hydrogen-bond donors (Lipinski definition) is 0. The summed E-state index contributed by atoms with van der Waals surface area (Å²) in [7, 11) is 1.95. The minimum absolute atomic E-state index is 0.270. The van der Waals surface area contributed by atoms with Crippen molar-refractivity contribution in [2.24, 2.45) is 12.1 Å². The van der Waals surface area contributed by atoms with Crippen LogP contribution in [-0.2, 0) is 11.8 Å². The number of carbonyl (C=O) groups is 1. The molecular formula is C22H18F3N3O. The largest absolute Gasteiger partial charge is 0.347 e. The Hall–Kier alpha value is -3.35. The van der Waals surface area contributed by atoms with Gasteiger partial charge in [-0.05, 0) is 32.4 Å². The van der Waals surface area contributed by atoms with Crippen molar-refractivity contribution in [3.63, 3.8) is 0 Å². The average Bonchev–Trinajstić information content (AvgIpc) is 3.08. The molecule has 4 rings (SSSR count). The Bertz CT molecular complexity index is 1250. The van der Waals surface area contributed by atoms with E-state index in [1.54, 1.807) is 13.0 Å². The van der Waals surface area contributed by atoms with E-state index in [0.717, 1.165) is 32.7 Å². The first kappa shape index (κ1) is 19.0. The van der Waals surface area contributed by atoms with Gasteiger partial charge in [0.25, 0.3) is 5.91 Å². The van der Waals surface area contributed by atoms with Gasteiger partial charge >= 0.3 is 0 Å². The molecule has 0 unspecified atom stereocenters. The van der Waals surface area contributed by atoms with Crippen LogP contribution in [0.4, 0.5) is 18.9 Å². The van der Waals surface area contributed by atoms with Crippen molar-refractivity contribution in [2.75, 3.05) is 5.01 Å². The van der Waals surface area contributed by atoms with Gasteiger partial charge in [0.15, 0.2) is 17.5 Å². The molecule has 0 bridgehead atoms. The molecule has 148 valence electrons. The number of anilines is 1. The molecule has 29 heavy (non-hydrogen) atoms. The first-order valence-corrected chi connectivity index (χ1v) is 9.01. The number of aromatic nitrogens is 1. The summed E-state index contributed by atoms with van der Waals surface area (Å²) in [5.41, 5.74) is 4.18. The van der Waals surface area contributed by atoms with Crippen LogP contribution < -0.4 is 5.01 Å². The van der Waals surface area contributed by atoms with Crippen LogP contribution in [0.1, 0.15) is 23.7 Å². The average molecular weight is 397 g/mol. The van der Waals surface area contributed by atoms with E-state index in [4.69, 9.17) is 0 Å². The molecule has 1 aromatic heterocycles. The lowest BCUT2D eigenvalue weighted by atomic mass is 10.0. The summed E-state index contributed by atoms with van der Waals surface area (Å²) in [6, 6.07) is 6.97. The summed E-state index contributed by atoms with van der Waals surface area (Å²) in [4.78, 5) is 12.9. The Kier molecular flexibility index (Phi) is 4.33. The van der Waals surface area contributed by atoms with Crippen LogP contribution in [0.25, 0.3) is 17.0 Å². The monoisotopic (exact) mass is 397 g/mol. The third-order valence-corrected chi connectivity index (χ3v) is 5.33. The molecule has 3 aromatic rings. The molecule has 0 fully saturated rings. The summed E-state index contributed by atoms with van der Waals surface area (Å²) in [5, 5.41) is 5.83. The number of hydrazone groups is 1. The number of aryl methyl sites for hydroxylation is 2. The number of carbonyl (C=O) groups excluding carboxylic acids is 1. The predicted octanol–water partition coefficient (Wildman–Crippen LogP) is 5.02. The molecule has 0 aliphatic carbocycles. The van der Waals surface area contributed by atoms with Gasteiger partial charge in [0.1, 0.15) is 5.69 Å². The highest BCUT2D eigenvalue weighted by atomic mass is 19.2. The lowest BCUT2D eigenvalue weighted by Gasteiger charge is -2.13. The number of para-hydroxylation sites is 1. The van der Waals surface area contributed by atoms with E-state index < -0.39 is 29.0 Å². The smallest absolute Gasteiger partial charge is 0.280 e. The van der Waals surface area contributed by atoms with Crippen LogP contribution in [0.2, 0.25) is 0 Å². The molecule has 0 radical (unpaired) electrons. The zero-order valence-electron chi connectivity index (χ0n) is 16.3. The molecule has 1 amide bonds. The van der Waals surface area contributed by atoms with Gasteiger partial charge in [0.05, 0.1) is 16.8 Å². The molecule has 7 heteroatoms. The second-order valence-corrected chi connectivity index (χ2v) is 7.11. The molecule has 0 N–H and O–H groups in total. The highest BCUT2D eigenvalue weighted by Crippen LogP contribution is 2.32. The van der Waals surface area contributed by atoms with Crippen LogP contribution in [-0.4, -0.2) is 16.2 Å². The topological polar surface area (TPSA) is 37.6 Å². The third kappa shape index (κ3) is 2.85. The van der Waals surface area contributed by atoms with E-state index in [1.807, 2.05) is 39.1 Å². The van der Waals surface area contributed by atoms with E-state index >= 15 is 0 Å². The van der Waals surface area contributed by atoms with Crippen molar-refractivity contribution < 1.29 is 18.0 Å². The van der Waals surface area contributed by atoms with Crippen molar-refractivity contribution in [3.05, 3.63) is 70.2 Å². The van der Waals surface area contributed by atoms with Crippen LogP contribution in [0, 0.1) is 31.3 Å². The van der Waals surface area contributed by atoms with Gasteiger partial charge in [-0.15, -0.1) is 0 Å². The van der Waals surface area contributed by atoms with Crippen LogP contribution in [0.5, 0.6) is 0 Å². The normalized spacial score (nSPS) is 15.7. The maximum absolute atomic E-state index is 14.2. The summed E-state index contributed by atoms with van der Waals surface area (Å²) in [5.74, 6) is -4.24. The number of halogens is 3. The Morgan fingerprint density at radius 2 is 1.69 bits per heavy atom. The standard InChI is InChI=1S/C22H18F3N3O/c1-11-6-5-7-14-16(13(3)27(4)21(11)14)8-15-12(2)26-28(22(15)29)20-10-18(24)17(23)9-19(20)25/h5-10H,1-4H3/b15-8+. The molecule has 1 aliphatic rings. The summed E-state index contributed by atoms with van der Waals surface area (Å²) in [6.07, 6.45) is 1.72. The highest BCUT2D eigenvalue weighted by Gasteiger charge is 2.32.